The summed E-state index contributed by atoms with van der Waals surface area (Å²) in [5, 5.41) is 7.99. The summed E-state index contributed by atoms with van der Waals surface area (Å²) in [5.41, 5.74) is 2.86. The number of thioether (sulfide) groups is 1. The molecule has 0 aliphatic heterocycles. The summed E-state index contributed by atoms with van der Waals surface area (Å²) in [5.74, 6) is 0.108. The maximum atomic E-state index is 14.3. The quantitative estimate of drug-likeness (QED) is 0.278. The fourth-order valence-electron chi connectivity index (χ4n) is 4.84. The van der Waals surface area contributed by atoms with Crippen LogP contribution in [0.5, 0.6) is 0 Å². The number of benzene rings is 3. The number of nitrogens with one attached hydrogen (secondary N) is 2. The zero-order valence-electron chi connectivity index (χ0n) is 24.8. The number of anilines is 1. The molecule has 0 bridgehead atoms. The molecule has 2 unspecified atom stereocenters. The standard InChI is InChI=1S/C33H41N3O4S/c1-21-11-12-25(19-22(21)2)29(30(37)34-26-14-13-23-9-7-8-10-24(23)20-26)36(27-15-16-27)31(38)28(17-18-41-6)35-32(39)40-33(3,4)5/h7-14,19-20,27-29H,15-18H2,1-6H3,(H,34,37)(H,35,39). The van der Waals surface area contributed by atoms with Gasteiger partial charge in [0.2, 0.25) is 5.91 Å². The highest BCUT2D eigenvalue weighted by molar-refractivity contribution is 7.98. The average molecular weight is 576 g/mol. The summed E-state index contributed by atoms with van der Waals surface area (Å²) < 4.78 is 5.48. The van der Waals surface area contributed by atoms with Crippen LogP contribution >= 0.6 is 11.8 Å². The van der Waals surface area contributed by atoms with Gasteiger partial charge in [0.05, 0.1) is 0 Å². The van der Waals surface area contributed by atoms with Gasteiger partial charge in [-0.25, -0.2) is 4.79 Å². The van der Waals surface area contributed by atoms with E-state index in [-0.39, 0.29) is 17.9 Å². The molecule has 41 heavy (non-hydrogen) atoms. The highest BCUT2D eigenvalue weighted by atomic mass is 32.2. The molecular formula is C33H41N3O4S. The SMILES string of the molecule is CSCCC(NC(=O)OC(C)(C)C)C(=O)N(C1CC1)C(C(=O)Nc1ccc2ccccc2c1)c1ccc(C)c(C)c1. The second-order valence-electron chi connectivity index (χ2n) is 11.8. The normalized spacial score (nSPS) is 14.7. The van der Waals surface area contributed by atoms with E-state index in [1.807, 2.05) is 80.8 Å². The predicted octanol–water partition coefficient (Wildman–Crippen LogP) is 6.77. The Balaban J connectivity index is 1.70. The first-order chi connectivity index (χ1) is 19.5. The van der Waals surface area contributed by atoms with Crippen LogP contribution in [0.1, 0.15) is 62.8 Å². The Morgan fingerprint density at radius 3 is 2.32 bits per heavy atom. The Morgan fingerprint density at radius 1 is 0.976 bits per heavy atom. The van der Waals surface area contributed by atoms with E-state index in [0.717, 1.165) is 40.3 Å². The van der Waals surface area contributed by atoms with Crippen LogP contribution in [0.3, 0.4) is 0 Å². The Labute approximate surface area is 247 Å². The van der Waals surface area contributed by atoms with Crippen molar-refractivity contribution in [3.05, 3.63) is 77.4 Å². The number of amides is 3. The first-order valence-corrected chi connectivity index (χ1v) is 15.5. The molecule has 1 saturated carbocycles. The molecule has 218 valence electrons. The van der Waals surface area contributed by atoms with E-state index in [2.05, 4.69) is 10.6 Å². The zero-order chi connectivity index (χ0) is 29.7. The lowest BCUT2D eigenvalue weighted by atomic mass is 9.97. The van der Waals surface area contributed by atoms with Gasteiger partial charge in [-0.1, -0.05) is 48.5 Å². The molecule has 3 amide bonds. The van der Waals surface area contributed by atoms with E-state index in [1.165, 1.54) is 0 Å². The second-order valence-corrected chi connectivity index (χ2v) is 12.7. The third kappa shape index (κ3) is 8.03. The van der Waals surface area contributed by atoms with E-state index in [4.69, 9.17) is 4.74 Å². The van der Waals surface area contributed by atoms with Gasteiger partial charge in [0, 0.05) is 11.7 Å². The Morgan fingerprint density at radius 2 is 1.68 bits per heavy atom. The van der Waals surface area contributed by atoms with E-state index in [0.29, 0.717) is 17.9 Å². The number of nitrogens with zero attached hydrogens (tertiary/aromatic N) is 1. The minimum atomic E-state index is -0.863. The molecule has 1 aliphatic rings. The van der Waals surface area contributed by atoms with Crippen LogP contribution in [0.25, 0.3) is 10.8 Å². The van der Waals surface area contributed by atoms with E-state index >= 15 is 0 Å². The Kier molecular flexibility index (Phi) is 9.64. The number of aryl methyl sites for hydroxylation is 2. The Bertz CT molecular complexity index is 1410. The van der Waals surface area contributed by atoms with Crippen LogP contribution in [-0.4, -0.2) is 52.5 Å². The van der Waals surface area contributed by atoms with Crippen molar-refractivity contribution in [3.63, 3.8) is 0 Å². The van der Waals surface area contributed by atoms with E-state index in [1.54, 1.807) is 37.4 Å². The number of carbonyl (C=O) groups excluding carboxylic acids is 3. The van der Waals surface area contributed by atoms with Crippen LogP contribution in [0.15, 0.2) is 60.7 Å². The maximum absolute atomic E-state index is 14.3. The fraction of sp³-hybridized carbons (Fsp3) is 0.424. The van der Waals surface area contributed by atoms with Gasteiger partial charge in [-0.05, 0) is 105 Å². The monoisotopic (exact) mass is 575 g/mol. The van der Waals surface area contributed by atoms with Crippen LogP contribution in [0.2, 0.25) is 0 Å². The van der Waals surface area contributed by atoms with Crippen molar-refractivity contribution in [1.29, 1.82) is 0 Å². The average Bonchev–Trinajstić information content (AvgIpc) is 3.75. The zero-order valence-corrected chi connectivity index (χ0v) is 25.6. The Hall–Kier alpha value is -3.52. The number of fused-ring (bicyclic) bond motifs is 1. The number of hydrogen-bond donors (Lipinski definition) is 2. The molecule has 1 aliphatic carbocycles. The summed E-state index contributed by atoms with van der Waals surface area (Å²) in [6.45, 7) is 9.39. The van der Waals surface area contributed by atoms with Crippen molar-refractivity contribution >= 4 is 46.1 Å². The van der Waals surface area contributed by atoms with Gasteiger partial charge < -0.3 is 20.3 Å². The smallest absolute Gasteiger partial charge is 0.408 e. The topological polar surface area (TPSA) is 87.7 Å². The maximum Gasteiger partial charge on any atom is 0.408 e. The minimum absolute atomic E-state index is 0.0892. The summed E-state index contributed by atoms with van der Waals surface area (Å²) in [6.07, 6.45) is 3.35. The van der Waals surface area contributed by atoms with Gasteiger partial charge in [0.1, 0.15) is 17.7 Å². The third-order valence-corrected chi connectivity index (χ3v) is 7.83. The van der Waals surface area contributed by atoms with Crippen LogP contribution in [0, 0.1) is 13.8 Å². The fourth-order valence-corrected chi connectivity index (χ4v) is 5.32. The van der Waals surface area contributed by atoms with Crippen LogP contribution in [0.4, 0.5) is 10.5 Å². The van der Waals surface area contributed by atoms with Crippen molar-refractivity contribution in [2.45, 2.75) is 77.6 Å². The van der Waals surface area contributed by atoms with E-state index < -0.39 is 23.8 Å². The highest BCUT2D eigenvalue weighted by Gasteiger charge is 2.44. The van der Waals surface area contributed by atoms with Crippen molar-refractivity contribution in [2.24, 2.45) is 0 Å². The van der Waals surface area contributed by atoms with Gasteiger partial charge in [-0.2, -0.15) is 11.8 Å². The number of alkyl carbamates (subject to hydrolysis) is 1. The molecule has 0 spiro atoms. The molecule has 0 saturated heterocycles. The molecule has 2 N–H and O–H groups in total. The largest absolute Gasteiger partial charge is 0.444 e. The number of carbonyl (C=O) groups is 3. The molecular weight excluding hydrogens is 534 g/mol. The molecule has 2 atom stereocenters. The van der Waals surface area contributed by atoms with Crippen molar-refractivity contribution in [2.75, 3.05) is 17.3 Å². The molecule has 0 radical (unpaired) electrons. The summed E-state index contributed by atoms with van der Waals surface area (Å²) in [7, 11) is 0. The molecule has 0 heterocycles. The van der Waals surface area contributed by atoms with Gasteiger partial charge in [-0.15, -0.1) is 0 Å². The lowest BCUT2D eigenvalue weighted by Crippen LogP contribution is -2.53. The first-order valence-electron chi connectivity index (χ1n) is 14.1. The number of ether oxygens (including phenoxy) is 1. The molecule has 8 heteroatoms. The second kappa shape index (κ2) is 13.0. The molecule has 1 fully saturated rings. The van der Waals surface area contributed by atoms with Crippen molar-refractivity contribution in [3.8, 4) is 0 Å². The van der Waals surface area contributed by atoms with Crippen LogP contribution < -0.4 is 10.6 Å². The predicted molar refractivity (Wildman–Crippen MR) is 167 cm³/mol. The van der Waals surface area contributed by atoms with Crippen LogP contribution in [-0.2, 0) is 14.3 Å². The summed E-state index contributed by atoms with van der Waals surface area (Å²) in [6, 6.07) is 17.9. The summed E-state index contributed by atoms with van der Waals surface area (Å²) in [4.78, 5) is 42.9. The third-order valence-electron chi connectivity index (χ3n) is 7.18. The molecule has 4 rings (SSSR count). The molecule has 0 aromatic heterocycles. The van der Waals surface area contributed by atoms with E-state index in [9.17, 15) is 14.4 Å². The summed E-state index contributed by atoms with van der Waals surface area (Å²) >= 11 is 1.60. The lowest BCUT2D eigenvalue weighted by Gasteiger charge is -2.35. The lowest BCUT2D eigenvalue weighted by molar-refractivity contribution is -0.141. The number of rotatable bonds is 10. The van der Waals surface area contributed by atoms with Gasteiger partial charge in [-0.3, -0.25) is 9.59 Å². The number of hydrogen-bond acceptors (Lipinski definition) is 5. The molecule has 3 aromatic rings. The first kappa shape index (κ1) is 30.4. The minimum Gasteiger partial charge on any atom is -0.444 e. The highest BCUT2D eigenvalue weighted by Crippen LogP contribution is 2.37. The van der Waals surface area contributed by atoms with Crippen molar-refractivity contribution in [1.82, 2.24) is 10.2 Å². The van der Waals surface area contributed by atoms with Crippen molar-refractivity contribution < 1.29 is 19.1 Å². The molecule has 3 aromatic carbocycles. The van der Waals surface area contributed by atoms with Gasteiger partial charge >= 0.3 is 6.09 Å². The van der Waals surface area contributed by atoms with Gasteiger partial charge in [0.15, 0.2) is 0 Å². The van der Waals surface area contributed by atoms with Gasteiger partial charge in [0.25, 0.3) is 5.91 Å². The molecule has 7 nitrogen and oxygen atoms in total.